The first-order chi connectivity index (χ1) is 12.9. The van der Waals surface area contributed by atoms with Crippen LogP contribution in [0.3, 0.4) is 0 Å². The van der Waals surface area contributed by atoms with E-state index >= 15 is 0 Å². The van der Waals surface area contributed by atoms with E-state index in [0.29, 0.717) is 5.92 Å². The van der Waals surface area contributed by atoms with E-state index in [1.54, 1.807) is 0 Å². The summed E-state index contributed by atoms with van der Waals surface area (Å²) in [7, 11) is 0. The van der Waals surface area contributed by atoms with Crippen molar-refractivity contribution in [3.63, 3.8) is 0 Å². The summed E-state index contributed by atoms with van der Waals surface area (Å²) in [5.74, 6) is 0.0549. The molecular formula is C21H33NO5. The molecule has 3 aliphatic heterocycles. The molecule has 0 saturated carbocycles. The van der Waals surface area contributed by atoms with Crippen molar-refractivity contribution in [2.24, 2.45) is 5.92 Å². The number of hydroxylamine groups is 1. The summed E-state index contributed by atoms with van der Waals surface area (Å²) >= 11 is 0. The van der Waals surface area contributed by atoms with Crippen LogP contribution in [0.15, 0.2) is 23.8 Å². The van der Waals surface area contributed by atoms with Crippen molar-refractivity contribution in [1.82, 2.24) is 5.48 Å². The van der Waals surface area contributed by atoms with E-state index < -0.39 is 0 Å². The van der Waals surface area contributed by atoms with Gasteiger partial charge in [-0.2, -0.15) is 0 Å². The van der Waals surface area contributed by atoms with Gasteiger partial charge >= 0.3 is 5.97 Å². The second-order valence-electron chi connectivity index (χ2n) is 8.29. The fraction of sp³-hybridized carbons (Fsp3) is 0.762. The Kier molecular flexibility index (Phi) is 6.74. The first kappa shape index (κ1) is 20.5. The molecule has 0 unspecified atom stereocenters. The molecule has 27 heavy (non-hydrogen) atoms. The van der Waals surface area contributed by atoms with E-state index in [4.69, 9.17) is 19.0 Å². The Morgan fingerprint density at radius 1 is 1.33 bits per heavy atom. The van der Waals surface area contributed by atoms with Gasteiger partial charge in [-0.3, -0.25) is 4.79 Å². The molecule has 0 amide bonds. The molecular weight excluding hydrogens is 346 g/mol. The minimum atomic E-state index is -0.330. The average molecular weight is 379 g/mol. The average Bonchev–Trinajstić information content (AvgIpc) is 3.37. The van der Waals surface area contributed by atoms with Crippen molar-refractivity contribution >= 4 is 5.97 Å². The van der Waals surface area contributed by atoms with Gasteiger partial charge in [0.1, 0.15) is 0 Å². The molecule has 0 bridgehead atoms. The van der Waals surface area contributed by atoms with Gasteiger partial charge in [0, 0.05) is 19.8 Å². The zero-order valence-electron chi connectivity index (χ0n) is 16.9. The first-order valence-corrected chi connectivity index (χ1v) is 10.1. The topological polar surface area (TPSA) is 69.3 Å². The Hall–Kier alpha value is -1.21. The number of epoxide rings is 1. The molecule has 0 aliphatic carbocycles. The van der Waals surface area contributed by atoms with Gasteiger partial charge in [-0.1, -0.05) is 30.7 Å². The molecule has 0 aromatic heterocycles. The van der Waals surface area contributed by atoms with Gasteiger partial charge in [-0.05, 0) is 32.6 Å². The minimum Gasteiger partial charge on any atom is -0.374 e. The van der Waals surface area contributed by atoms with Gasteiger partial charge < -0.3 is 19.0 Å². The quantitative estimate of drug-likeness (QED) is 0.435. The summed E-state index contributed by atoms with van der Waals surface area (Å²) in [4.78, 5) is 15.9. The summed E-state index contributed by atoms with van der Waals surface area (Å²) in [5.41, 5.74) is 4.16. The number of nitrogens with one attached hydrogen (secondary N) is 1. The van der Waals surface area contributed by atoms with Gasteiger partial charge in [0.05, 0.1) is 43.2 Å². The SMILES string of the molecule is CC(=O)ON[C@@H]1C[C@H](C)[C@H](C/C=C(C)/C=C/[C@@H]2C[C@@]3(CCO2)CO3)O[C@@H]1C. The Balaban J connectivity index is 1.45. The third-order valence-electron chi connectivity index (χ3n) is 5.83. The normalized spacial score (nSPS) is 39.7. The lowest BCUT2D eigenvalue weighted by molar-refractivity contribution is -0.160. The highest BCUT2D eigenvalue weighted by atomic mass is 16.7. The number of rotatable bonds is 6. The summed E-state index contributed by atoms with van der Waals surface area (Å²) < 4.78 is 17.6. The van der Waals surface area contributed by atoms with Crippen LogP contribution in [-0.2, 0) is 23.8 Å². The van der Waals surface area contributed by atoms with E-state index in [0.717, 1.165) is 38.9 Å². The van der Waals surface area contributed by atoms with E-state index in [1.165, 1.54) is 12.5 Å². The Morgan fingerprint density at radius 3 is 2.81 bits per heavy atom. The number of carbonyl (C=O) groups is 1. The molecule has 0 radical (unpaired) electrons. The van der Waals surface area contributed by atoms with Crippen LogP contribution in [-0.4, -0.2) is 49.1 Å². The van der Waals surface area contributed by atoms with Crippen LogP contribution in [0.25, 0.3) is 0 Å². The number of allylic oxidation sites excluding steroid dienone is 2. The molecule has 0 aromatic rings. The lowest BCUT2D eigenvalue weighted by atomic mass is 9.88. The van der Waals surface area contributed by atoms with Gasteiger partial charge in [0.15, 0.2) is 0 Å². The van der Waals surface area contributed by atoms with E-state index in [9.17, 15) is 4.79 Å². The van der Waals surface area contributed by atoms with Gasteiger partial charge in [0.2, 0.25) is 0 Å². The summed E-state index contributed by atoms with van der Waals surface area (Å²) in [6.45, 7) is 9.38. The predicted molar refractivity (Wildman–Crippen MR) is 102 cm³/mol. The van der Waals surface area contributed by atoms with Crippen molar-refractivity contribution in [2.75, 3.05) is 13.2 Å². The summed E-state index contributed by atoms with van der Waals surface area (Å²) in [6.07, 6.45) is 10.6. The predicted octanol–water partition coefficient (Wildman–Crippen LogP) is 3.08. The highest BCUT2D eigenvalue weighted by Crippen LogP contribution is 2.39. The second-order valence-corrected chi connectivity index (χ2v) is 8.29. The molecule has 3 fully saturated rings. The molecule has 1 N–H and O–H groups in total. The van der Waals surface area contributed by atoms with Crippen LogP contribution < -0.4 is 5.48 Å². The number of ether oxygens (including phenoxy) is 3. The smallest absolute Gasteiger partial charge is 0.321 e. The van der Waals surface area contributed by atoms with E-state index in [-0.39, 0.29) is 35.9 Å². The molecule has 3 aliphatic rings. The fourth-order valence-corrected chi connectivity index (χ4v) is 3.88. The minimum absolute atomic E-state index is 0.000156. The molecule has 1 spiro atoms. The number of hydrogen-bond donors (Lipinski definition) is 1. The van der Waals surface area contributed by atoms with Crippen molar-refractivity contribution < 1.29 is 23.8 Å². The van der Waals surface area contributed by atoms with Crippen LogP contribution in [0, 0.1) is 5.92 Å². The van der Waals surface area contributed by atoms with Crippen molar-refractivity contribution in [1.29, 1.82) is 0 Å². The molecule has 3 heterocycles. The van der Waals surface area contributed by atoms with Crippen molar-refractivity contribution in [2.45, 2.75) is 83.3 Å². The van der Waals surface area contributed by atoms with Crippen LogP contribution in [0.4, 0.5) is 0 Å². The van der Waals surface area contributed by atoms with Crippen LogP contribution in [0.5, 0.6) is 0 Å². The summed E-state index contributed by atoms with van der Waals surface area (Å²) in [5, 5.41) is 0. The lowest BCUT2D eigenvalue weighted by Gasteiger charge is -2.38. The standard InChI is InChI=1S/C21H33NO5/c1-14(5-7-18-12-21(13-25-21)9-10-24-18)6-8-20-15(2)11-19(16(3)26-20)22-27-17(4)23/h5-7,15-16,18-20,22H,8-13H2,1-4H3/b7-5+,14-6+/t15-,16+,18+,19+,20-,21-/m0/s1. The number of carbonyl (C=O) groups excluding carboxylic acids is 1. The maximum atomic E-state index is 11.0. The van der Waals surface area contributed by atoms with Gasteiger partial charge in [-0.15, -0.1) is 5.48 Å². The molecule has 6 atom stereocenters. The Bertz CT molecular complexity index is 583. The van der Waals surface area contributed by atoms with Crippen LogP contribution in [0.1, 0.15) is 53.4 Å². The highest BCUT2D eigenvalue weighted by molar-refractivity contribution is 5.65. The van der Waals surface area contributed by atoms with E-state index in [2.05, 4.69) is 37.6 Å². The fourth-order valence-electron chi connectivity index (χ4n) is 3.88. The molecule has 0 aromatic carbocycles. The maximum Gasteiger partial charge on any atom is 0.321 e. The molecule has 3 rings (SSSR count). The first-order valence-electron chi connectivity index (χ1n) is 10.1. The summed E-state index contributed by atoms with van der Waals surface area (Å²) in [6, 6.07) is 0.0329. The zero-order valence-corrected chi connectivity index (χ0v) is 16.9. The molecule has 3 saturated heterocycles. The molecule has 152 valence electrons. The lowest BCUT2D eigenvalue weighted by Crippen LogP contribution is -2.49. The monoisotopic (exact) mass is 379 g/mol. The largest absolute Gasteiger partial charge is 0.374 e. The Morgan fingerprint density at radius 2 is 2.11 bits per heavy atom. The van der Waals surface area contributed by atoms with Crippen molar-refractivity contribution in [3.8, 4) is 0 Å². The molecule has 6 heteroatoms. The van der Waals surface area contributed by atoms with Crippen LogP contribution in [0.2, 0.25) is 0 Å². The highest BCUT2D eigenvalue weighted by Gasteiger charge is 2.48. The van der Waals surface area contributed by atoms with Gasteiger partial charge in [0.25, 0.3) is 0 Å². The van der Waals surface area contributed by atoms with Gasteiger partial charge in [-0.25, -0.2) is 0 Å². The van der Waals surface area contributed by atoms with E-state index in [1.807, 2.05) is 6.92 Å². The third kappa shape index (κ3) is 5.88. The maximum absolute atomic E-state index is 11.0. The Labute approximate surface area is 162 Å². The number of hydrogen-bond acceptors (Lipinski definition) is 6. The molecule has 6 nitrogen and oxygen atoms in total. The second kappa shape index (κ2) is 8.86. The zero-order chi connectivity index (χ0) is 19.4. The van der Waals surface area contributed by atoms with Crippen LogP contribution >= 0.6 is 0 Å². The van der Waals surface area contributed by atoms with Crippen molar-refractivity contribution in [3.05, 3.63) is 23.8 Å². The third-order valence-corrected chi connectivity index (χ3v) is 5.83.